The van der Waals surface area contributed by atoms with Crippen molar-refractivity contribution in [3.63, 3.8) is 0 Å². The zero-order valence-electron chi connectivity index (χ0n) is 13.3. The molecule has 1 aliphatic heterocycles. The van der Waals surface area contributed by atoms with Crippen molar-refractivity contribution in [2.75, 3.05) is 0 Å². The van der Waals surface area contributed by atoms with Crippen molar-refractivity contribution in [3.05, 3.63) is 101 Å². The van der Waals surface area contributed by atoms with Gasteiger partial charge in [0.25, 0.3) is 5.56 Å². The fraction of sp³-hybridized carbons (Fsp3) is 0.0500. The lowest BCUT2D eigenvalue weighted by atomic mass is 10.1. The van der Waals surface area contributed by atoms with Gasteiger partial charge >= 0.3 is 0 Å². The van der Waals surface area contributed by atoms with Gasteiger partial charge in [0.05, 0.1) is 0 Å². The number of aromatic nitrogens is 1. The Morgan fingerprint density at radius 2 is 1.60 bits per heavy atom. The molecule has 5 heteroatoms. The lowest BCUT2D eigenvalue weighted by Crippen LogP contribution is -2.22. The molecule has 4 rings (SSSR count). The average Bonchev–Trinajstić information content (AvgIpc) is 3.13. The molecule has 3 aromatic rings. The van der Waals surface area contributed by atoms with Gasteiger partial charge in [-0.3, -0.25) is 14.2 Å². The smallest absolute Gasteiger partial charge is 0.256 e. The van der Waals surface area contributed by atoms with Crippen molar-refractivity contribution < 1.29 is 9.57 Å². The molecule has 1 N–H and O–H groups in total. The predicted octanol–water partition coefficient (Wildman–Crippen LogP) is 3.72. The van der Waals surface area contributed by atoms with E-state index in [1.165, 1.54) is 10.6 Å². The number of benzene rings is 2. The molecule has 1 atom stereocenters. The standard InChI is InChI=1S/C20H16N2O3/c23-20-8-4-5-13-22(20)19-14-18(25-21-19)15-9-11-17(12-10-15)24-16-6-2-1-3-7-16/h1-14,18,21H/t18-/m0/s1. The number of hydroxylamine groups is 1. The maximum Gasteiger partial charge on any atom is 0.256 e. The Bertz CT molecular complexity index is 946. The van der Waals surface area contributed by atoms with Gasteiger partial charge in [-0.05, 0) is 42.0 Å². The van der Waals surface area contributed by atoms with Gasteiger partial charge in [-0.25, -0.2) is 5.48 Å². The van der Waals surface area contributed by atoms with E-state index in [2.05, 4.69) is 5.48 Å². The lowest BCUT2D eigenvalue weighted by Gasteiger charge is -2.09. The van der Waals surface area contributed by atoms with Crippen LogP contribution in [0.5, 0.6) is 11.5 Å². The second-order valence-corrected chi connectivity index (χ2v) is 5.59. The first-order valence-electron chi connectivity index (χ1n) is 7.94. The summed E-state index contributed by atoms with van der Waals surface area (Å²) in [5, 5.41) is 0. The van der Waals surface area contributed by atoms with E-state index >= 15 is 0 Å². The number of nitrogens with one attached hydrogen (secondary N) is 1. The van der Waals surface area contributed by atoms with E-state index in [1.54, 1.807) is 18.3 Å². The monoisotopic (exact) mass is 332 g/mol. The third-order valence-corrected chi connectivity index (χ3v) is 3.87. The van der Waals surface area contributed by atoms with E-state index in [0.29, 0.717) is 5.82 Å². The van der Waals surface area contributed by atoms with Crippen molar-refractivity contribution >= 4 is 5.82 Å². The Kier molecular flexibility index (Phi) is 4.06. The van der Waals surface area contributed by atoms with Crippen LogP contribution in [0.1, 0.15) is 11.7 Å². The Hall–Kier alpha value is -3.31. The first-order chi connectivity index (χ1) is 12.3. The molecule has 124 valence electrons. The first-order valence-corrected chi connectivity index (χ1v) is 7.94. The summed E-state index contributed by atoms with van der Waals surface area (Å²) in [6, 6.07) is 22.3. The van der Waals surface area contributed by atoms with Crippen molar-refractivity contribution in [2.45, 2.75) is 6.10 Å². The van der Waals surface area contributed by atoms with Crippen molar-refractivity contribution in [3.8, 4) is 11.5 Å². The van der Waals surface area contributed by atoms with Gasteiger partial charge < -0.3 is 4.74 Å². The largest absolute Gasteiger partial charge is 0.457 e. The fourth-order valence-electron chi connectivity index (χ4n) is 2.61. The summed E-state index contributed by atoms with van der Waals surface area (Å²) >= 11 is 0. The van der Waals surface area contributed by atoms with Crippen LogP contribution in [0.15, 0.2) is 89.9 Å². The van der Waals surface area contributed by atoms with Crippen LogP contribution in [0.3, 0.4) is 0 Å². The van der Waals surface area contributed by atoms with Gasteiger partial charge in [0, 0.05) is 12.3 Å². The third-order valence-electron chi connectivity index (χ3n) is 3.87. The van der Waals surface area contributed by atoms with Crippen molar-refractivity contribution in [2.24, 2.45) is 0 Å². The second kappa shape index (κ2) is 6.67. The number of rotatable bonds is 4. The molecule has 1 aromatic heterocycles. The van der Waals surface area contributed by atoms with E-state index in [9.17, 15) is 4.79 Å². The maximum atomic E-state index is 11.9. The van der Waals surface area contributed by atoms with Gasteiger partial charge in [0.2, 0.25) is 0 Å². The highest BCUT2D eigenvalue weighted by molar-refractivity contribution is 5.47. The van der Waals surface area contributed by atoms with Crippen LogP contribution < -0.4 is 15.8 Å². The summed E-state index contributed by atoms with van der Waals surface area (Å²) < 4.78 is 7.29. The number of pyridine rings is 1. The summed E-state index contributed by atoms with van der Waals surface area (Å²) in [7, 11) is 0. The Morgan fingerprint density at radius 1 is 0.880 bits per heavy atom. The summed E-state index contributed by atoms with van der Waals surface area (Å²) in [5.41, 5.74) is 3.66. The van der Waals surface area contributed by atoms with Gasteiger partial charge in [0.1, 0.15) is 23.4 Å². The van der Waals surface area contributed by atoms with E-state index in [0.717, 1.165) is 17.1 Å². The highest BCUT2D eigenvalue weighted by atomic mass is 16.7. The summed E-state index contributed by atoms with van der Waals surface area (Å²) in [6.45, 7) is 0. The number of para-hydroxylation sites is 1. The number of hydrogen-bond acceptors (Lipinski definition) is 4. The fourth-order valence-corrected chi connectivity index (χ4v) is 2.61. The normalized spacial score (nSPS) is 16.2. The third kappa shape index (κ3) is 3.32. The van der Waals surface area contributed by atoms with Gasteiger partial charge in [-0.2, -0.15) is 0 Å². The van der Waals surface area contributed by atoms with Crippen LogP contribution in [0.25, 0.3) is 5.82 Å². The molecule has 0 spiro atoms. The molecule has 0 radical (unpaired) electrons. The molecule has 25 heavy (non-hydrogen) atoms. The predicted molar refractivity (Wildman–Crippen MR) is 94.9 cm³/mol. The quantitative estimate of drug-likeness (QED) is 0.791. The highest BCUT2D eigenvalue weighted by Gasteiger charge is 2.19. The minimum absolute atomic E-state index is 0.114. The minimum atomic E-state index is -0.270. The number of hydrogen-bond donors (Lipinski definition) is 1. The highest BCUT2D eigenvalue weighted by Crippen LogP contribution is 2.28. The van der Waals surface area contributed by atoms with E-state index in [-0.39, 0.29) is 11.7 Å². The molecule has 0 saturated carbocycles. The van der Waals surface area contributed by atoms with Crippen LogP contribution in [0.2, 0.25) is 0 Å². The molecule has 0 aliphatic carbocycles. The molecule has 2 aromatic carbocycles. The van der Waals surface area contributed by atoms with Crippen LogP contribution in [0, 0.1) is 0 Å². The van der Waals surface area contributed by atoms with E-state index in [4.69, 9.17) is 9.57 Å². The summed E-state index contributed by atoms with van der Waals surface area (Å²) in [6.07, 6.45) is 3.30. The Labute approximate surface area is 144 Å². The second-order valence-electron chi connectivity index (χ2n) is 5.59. The zero-order valence-corrected chi connectivity index (χ0v) is 13.3. The average molecular weight is 332 g/mol. The molecule has 0 saturated heterocycles. The molecule has 0 amide bonds. The molecular formula is C20H16N2O3. The van der Waals surface area contributed by atoms with Crippen LogP contribution in [-0.2, 0) is 4.84 Å². The zero-order chi connectivity index (χ0) is 17.1. The lowest BCUT2D eigenvalue weighted by molar-refractivity contribution is 0.0489. The van der Waals surface area contributed by atoms with Gasteiger partial charge in [0.15, 0.2) is 0 Å². The summed E-state index contributed by atoms with van der Waals surface area (Å²) in [5.74, 6) is 2.16. The Balaban J connectivity index is 1.51. The van der Waals surface area contributed by atoms with Crippen molar-refractivity contribution in [1.29, 1.82) is 0 Å². The minimum Gasteiger partial charge on any atom is -0.457 e. The molecule has 0 fully saturated rings. The topological polar surface area (TPSA) is 52.5 Å². The van der Waals surface area contributed by atoms with E-state index < -0.39 is 0 Å². The molecule has 0 unspecified atom stereocenters. The number of nitrogens with zero attached hydrogens (tertiary/aromatic N) is 1. The van der Waals surface area contributed by atoms with Gasteiger partial charge in [-0.1, -0.05) is 36.4 Å². The molecule has 1 aliphatic rings. The molecular weight excluding hydrogens is 316 g/mol. The first kappa shape index (κ1) is 15.2. The molecule has 2 heterocycles. The van der Waals surface area contributed by atoms with Crippen LogP contribution in [0.4, 0.5) is 0 Å². The molecule has 5 nitrogen and oxygen atoms in total. The Morgan fingerprint density at radius 3 is 2.36 bits per heavy atom. The van der Waals surface area contributed by atoms with E-state index in [1.807, 2.05) is 60.7 Å². The van der Waals surface area contributed by atoms with Crippen LogP contribution in [-0.4, -0.2) is 4.57 Å². The summed E-state index contributed by atoms with van der Waals surface area (Å²) in [4.78, 5) is 17.5. The SMILES string of the molecule is O=c1ccccn1C1=C[C@@H](c2ccc(Oc3ccccc3)cc2)ON1. The molecule has 0 bridgehead atoms. The number of ether oxygens (including phenoxy) is 1. The maximum absolute atomic E-state index is 11.9. The van der Waals surface area contributed by atoms with Crippen molar-refractivity contribution in [1.82, 2.24) is 10.0 Å². The van der Waals surface area contributed by atoms with Gasteiger partial charge in [-0.15, -0.1) is 0 Å². The van der Waals surface area contributed by atoms with Crippen LogP contribution >= 0.6 is 0 Å².